The maximum absolute atomic E-state index is 12.4. The molecule has 0 aliphatic carbocycles. The van der Waals surface area contributed by atoms with Crippen LogP contribution in [0.3, 0.4) is 0 Å². The van der Waals surface area contributed by atoms with Crippen LogP contribution in [0.25, 0.3) is 0 Å². The van der Waals surface area contributed by atoms with E-state index in [1.807, 2.05) is 32.0 Å². The highest BCUT2D eigenvalue weighted by Crippen LogP contribution is 2.25. The summed E-state index contributed by atoms with van der Waals surface area (Å²) in [4.78, 5) is 26.2. The van der Waals surface area contributed by atoms with Crippen molar-refractivity contribution in [3.63, 3.8) is 0 Å². The maximum atomic E-state index is 12.4. The van der Waals surface area contributed by atoms with E-state index in [0.717, 1.165) is 43.2 Å². The fourth-order valence-corrected chi connectivity index (χ4v) is 4.73. The SMILES string of the molecule is Cc1ccc(NC(=O)CSc2nccc(N3CCN(c4cccc(C)c4C)CC3)n2)c(C)c1. The summed E-state index contributed by atoms with van der Waals surface area (Å²) in [7, 11) is 0. The number of anilines is 3. The molecule has 2 heterocycles. The highest BCUT2D eigenvalue weighted by molar-refractivity contribution is 7.99. The molecule has 0 radical (unpaired) electrons. The van der Waals surface area contributed by atoms with Crippen LogP contribution in [-0.4, -0.2) is 47.8 Å². The number of rotatable bonds is 6. The van der Waals surface area contributed by atoms with E-state index in [1.54, 1.807) is 6.20 Å². The largest absolute Gasteiger partial charge is 0.368 e. The van der Waals surface area contributed by atoms with Crippen LogP contribution in [0.4, 0.5) is 17.2 Å². The number of hydrogen-bond donors (Lipinski definition) is 1. The molecule has 1 N–H and O–H groups in total. The third-order valence-electron chi connectivity index (χ3n) is 6.13. The van der Waals surface area contributed by atoms with Crippen molar-refractivity contribution in [2.24, 2.45) is 0 Å². The van der Waals surface area contributed by atoms with Gasteiger partial charge in [-0.15, -0.1) is 0 Å². The normalized spacial score (nSPS) is 13.8. The van der Waals surface area contributed by atoms with Gasteiger partial charge in [-0.3, -0.25) is 4.79 Å². The first kappa shape index (κ1) is 23.1. The maximum Gasteiger partial charge on any atom is 0.234 e. The molecule has 7 heteroatoms. The molecule has 1 amide bonds. The molecule has 1 fully saturated rings. The summed E-state index contributed by atoms with van der Waals surface area (Å²) in [6, 6.07) is 14.5. The Hall–Kier alpha value is -3.06. The van der Waals surface area contributed by atoms with E-state index in [9.17, 15) is 4.79 Å². The number of thioether (sulfide) groups is 1. The molecule has 0 unspecified atom stereocenters. The van der Waals surface area contributed by atoms with Gasteiger partial charge in [-0.25, -0.2) is 9.97 Å². The van der Waals surface area contributed by atoms with Crippen LogP contribution in [0, 0.1) is 27.7 Å². The van der Waals surface area contributed by atoms with Crippen molar-refractivity contribution in [1.29, 1.82) is 0 Å². The van der Waals surface area contributed by atoms with E-state index in [0.29, 0.717) is 5.16 Å². The summed E-state index contributed by atoms with van der Waals surface area (Å²) in [5.74, 6) is 1.14. The number of hydrogen-bond acceptors (Lipinski definition) is 6. The Balaban J connectivity index is 1.32. The number of nitrogens with one attached hydrogen (secondary N) is 1. The van der Waals surface area contributed by atoms with Gasteiger partial charge in [-0.05, 0) is 62.6 Å². The quantitative estimate of drug-likeness (QED) is 0.422. The lowest BCUT2D eigenvalue weighted by molar-refractivity contribution is -0.113. The average Bonchev–Trinajstić information content (AvgIpc) is 2.82. The zero-order valence-electron chi connectivity index (χ0n) is 19.8. The molecule has 3 aromatic rings. The molecule has 0 saturated carbocycles. The number of amides is 1. The second-order valence-corrected chi connectivity index (χ2v) is 9.49. The van der Waals surface area contributed by atoms with Gasteiger partial charge in [0.05, 0.1) is 5.75 Å². The summed E-state index contributed by atoms with van der Waals surface area (Å²) >= 11 is 1.36. The van der Waals surface area contributed by atoms with E-state index in [4.69, 9.17) is 4.98 Å². The zero-order valence-corrected chi connectivity index (χ0v) is 20.6. The molecular weight excluding hydrogens is 430 g/mol. The molecule has 1 aromatic heterocycles. The van der Waals surface area contributed by atoms with E-state index in [2.05, 4.69) is 58.2 Å². The van der Waals surface area contributed by atoms with Crippen LogP contribution >= 0.6 is 11.8 Å². The number of aromatic nitrogens is 2. The van der Waals surface area contributed by atoms with E-state index in [1.165, 1.54) is 34.1 Å². The molecule has 6 nitrogen and oxygen atoms in total. The number of piperazine rings is 1. The molecule has 4 rings (SSSR count). The van der Waals surface area contributed by atoms with E-state index < -0.39 is 0 Å². The van der Waals surface area contributed by atoms with Crippen molar-refractivity contribution in [3.05, 3.63) is 70.9 Å². The molecule has 1 saturated heterocycles. The standard InChI is InChI=1S/C26H31N5OS/c1-18-8-9-22(20(3)16-18)28-25(32)17-33-26-27-11-10-24(29-26)31-14-12-30(13-15-31)23-7-5-6-19(2)21(23)4/h5-11,16H,12-15,17H2,1-4H3,(H,28,32). The highest BCUT2D eigenvalue weighted by Gasteiger charge is 2.20. The first-order chi connectivity index (χ1) is 15.9. The Morgan fingerprint density at radius 1 is 0.970 bits per heavy atom. The second-order valence-electron chi connectivity index (χ2n) is 8.55. The first-order valence-corrected chi connectivity index (χ1v) is 12.3. The molecule has 1 aliphatic rings. The Morgan fingerprint density at radius 2 is 1.73 bits per heavy atom. The Bertz CT molecular complexity index is 1140. The number of benzene rings is 2. The second kappa shape index (κ2) is 10.3. The number of carbonyl (C=O) groups is 1. The van der Waals surface area contributed by atoms with Gasteiger partial charge in [0.1, 0.15) is 5.82 Å². The summed E-state index contributed by atoms with van der Waals surface area (Å²) < 4.78 is 0. The predicted molar refractivity (Wildman–Crippen MR) is 138 cm³/mol. The van der Waals surface area contributed by atoms with Crippen LogP contribution in [0.5, 0.6) is 0 Å². The van der Waals surface area contributed by atoms with Crippen molar-refractivity contribution in [1.82, 2.24) is 9.97 Å². The van der Waals surface area contributed by atoms with E-state index >= 15 is 0 Å². The van der Waals surface area contributed by atoms with Gasteiger partial charge in [-0.2, -0.15) is 0 Å². The monoisotopic (exact) mass is 461 g/mol. The van der Waals surface area contributed by atoms with Gasteiger partial charge in [0.15, 0.2) is 5.16 Å². The van der Waals surface area contributed by atoms with Gasteiger partial charge < -0.3 is 15.1 Å². The van der Waals surface area contributed by atoms with E-state index in [-0.39, 0.29) is 11.7 Å². The third-order valence-corrected chi connectivity index (χ3v) is 6.99. The average molecular weight is 462 g/mol. The summed E-state index contributed by atoms with van der Waals surface area (Å²) in [6.07, 6.45) is 1.78. The molecule has 0 bridgehead atoms. The topological polar surface area (TPSA) is 61.4 Å². The molecule has 33 heavy (non-hydrogen) atoms. The molecule has 172 valence electrons. The van der Waals surface area contributed by atoms with Crippen molar-refractivity contribution in [2.75, 3.05) is 47.0 Å². The minimum absolute atomic E-state index is 0.0527. The highest BCUT2D eigenvalue weighted by atomic mass is 32.2. The van der Waals surface area contributed by atoms with Gasteiger partial charge >= 0.3 is 0 Å². The van der Waals surface area contributed by atoms with Gasteiger partial charge in [0, 0.05) is 43.8 Å². The minimum atomic E-state index is -0.0527. The number of aryl methyl sites for hydroxylation is 3. The fraction of sp³-hybridized carbons (Fsp3) is 0.346. The summed E-state index contributed by atoms with van der Waals surface area (Å²) in [5, 5.41) is 3.61. The minimum Gasteiger partial charge on any atom is -0.368 e. The predicted octanol–water partition coefficient (Wildman–Crippen LogP) is 4.77. The zero-order chi connectivity index (χ0) is 23.4. The molecule has 1 aliphatic heterocycles. The molecular formula is C26H31N5OS. The third kappa shape index (κ3) is 5.66. The lowest BCUT2D eigenvalue weighted by Crippen LogP contribution is -2.47. The lowest BCUT2D eigenvalue weighted by Gasteiger charge is -2.37. The van der Waals surface area contributed by atoms with Crippen LogP contribution in [0.2, 0.25) is 0 Å². The summed E-state index contributed by atoms with van der Waals surface area (Å²) in [6.45, 7) is 12.1. The fourth-order valence-electron chi connectivity index (χ4n) is 4.10. The van der Waals surface area contributed by atoms with Crippen molar-refractivity contribution < 1.29 is 4.79 Å². The Labute approximate surface area is 200 Å². The number of nitrogens with zero attached hydrogens (tertiary/aromatic N) is 4. The molecule has 0 spiro atoms. The number of carbonyl (C=O) groups excluding carboxylic acids is 1. The Morgan fingerprint density at radius 3 is 2.48 bits per heavy atom. The Kier molecular flexibility index (Phi) is 7.18. The van der Waals surface area contributed by atoms with Crippen molar-refractivity contribution >= 4 is 34.9 Å². The van der Waals surface area contributed by atoms with Gasteiger partial charge in [0.25, 0.3) is 0 Å². The van der Waals surface area contributed by atoms with Crippen LogP contribution in [-0.2, 0) is 4.79 Å². The van der Waals surface area contributed by atoms with Crippen LogP contribution < -0.4 is 15.1 Å². The van der Waals surface area contributed by atoms with Gasteiger partial charge in [0.2, 0.25) is 5.91 Å². The molecule has 2 aromatic carbocycles. The van der Waals surface area contributed by atoms with Crippen molar-refractivity contribution in [2.45, 2.75) is 32.9 Å². The first-order valence-electron chi connectivity index (χ1n) is 11.3. The van der Waals surface area contributed by atoms with Crippen LogP contribution in [0.15, 0.2) is 53.8 Å². The molecule has 0 atom stereocenters. The summed E-state index contributed by atoms with van der Waals surface area (Å²) in [5.41, 5.74) is 7.09. The smallest absolute Gasteiger partial charge is 0.234 e. The van der Waals surface area contributed by atoms with Crippen molar-refractivity contribution in [3.8, 4) is 0 Å². The van der Waals surface area contributed by atoms with Crippen LogP contribution in [0.1, 0.15) is 22.3 Å². The van der Waals surface area contributed by atoms with Gasteiger partial charge in [-0.1, -0.05) is 41.6 Å². The lowest BCUT2D eigenvalue weighted by atomic mass is 10.1.